The number of H-pyrrole nitrogens is 1. The fourth-order valence-corrected chi connectivity index (χ4v) is 2.42. The quantitative estimate of drug-likeness (QED) is 0.645. The number of methoxy groups -OCH3 is 1. The number of nitrogens with zero attached hydrogens (tertiary/aromatic N) is 1. The third kappa shape index (κ3) is 4.01. The topological polar surface area (TPSA) is 121 Å². The van der Waals surface area contributed by atoms with Gasteiger partial charge in [0.1, 0.15) is 11.9 Å². The van der Waals surface area contributed by atoms with E-state index < -0.39 is 22.0 Å². The van der Waals surface area contributed by atoms with Crippen LogP contribution >= 0.6 is 0 Å². The van der Waals surface area contributed by atoms with Crippen molar-refractivity contribution in [1.82, 2.24) is 14.7 Å². The molecule has 1 aromatic rings. The van der Waals surface area contributed by atoms with E-state index in [1.165, 1.54) is 7.11 Å². The van der Waals surface area contributed by atoms with Gasteiger partial charge in [-0.15, -0.1) is 0 Å². The van der Waals surface area contributed by atoms with E-state index >= 15 is 0 Å². The zero-order chi connectivity index (χ0) is 14.6. The van der Waals surface area contributed by atoms with Crippen molar-refractivity contribution in [2.45, 2.75) is 30.8 Å². The van der Waals surface area contributed by atoms with Crippen LogP contribution in [-0.2, 0) is 19.6 Å². The first-order chi connectivity index (χ1) is 8.77. The lowest BCUT2D eigenvalue weighted by Gasteiger charge is -2.12. The number of imidazole rings is 1. The molecular formula is C10H17N3O5S. The van der Waals surface area contributed by atoms with Crippen molar-refractivity contribution in [3.8, 4) is 0 Å². The molecule has 1 rings (SSSR count). The summed E-state index contributed by atoms with van der Waals surface area (Å²) in [4.78, 5) is 17.4. The summed E-state index contributed by atoms with van der Waals surface area (Å²) in [7, 11) is -2.68. The number of carbonyl (C=O) groups is 1. The van der Waals surface area contributed by atoms with E-state index in [9.17, 15) is 13.2 Å². The fourth-order valence-electron chi connectivity index (χ4n) is 1.32. The lowest BCUT2D eigenvalue weighted by atomic mass is 10.2. The molecule has 3 N–H and O–H groups in total. The minimum Gasteiger partial charge on any atom is -0.480 e. The number of hydrogen-bond acceptors (Lipinski definition) is 5. The van der Waals surface area contributed by atoms with Crippen LogP contribution in [0.25, 0.3) is 0 Å². The Balaban J connectivity index is 2.93. The molecule has 1 unspecified atom stereocenters. The van der Waals surface area contributed by atoms with Crippen molar-refractivity contribution in [3.63, 3.8) is 0 Å². The van der Waals surface area contributed by atoms with E-state index in [1.54, 1.807) is 0 Å². The molecule has 1 aromatic heterocycles. The lowest BCUT2D eigenvalue weighted by molar-refractivity contribution is -0.140. The van der Waals surface area contributed by atoms with Gasteiger partial charge < -0.3 is 14.8 Å². The van der Waals surface area contributed by atoms with Crippen LogP contribution < -0.4 is 4.72 Å². The molecule has 0 aromatic carbocycles. The van der Waals surface area contributed by atoms with Gasteiger partial charge in [-0.25, -0.2) is 13.4 Å². The van der Waals surface area contributed by atoms with Gasteiger partial charge in [-0.2, -0.15) is 4.72 Å². The summed E-state index contributed by atoms with van der Waals surface area (Å²) in [5.74, 6) is -0.758. The lowest BCUT2D eigenvalue weighted by Crippen LogP contribution is -2.43. The summed E-state index contributed by atoms with van der Waals surface area (Å²) in [6.45, 7) is 3.45. The number of carboxylic acid groups (broad SMARTS) is 1. The van der Waals surface area contributed by atoms with Crippen LogP contribution in [0, 0.1) is 0 Å². The predicted octanol–water partition coefficient (Wildman–Crippen LogP) is -0.0890. The second-order valence-corrected chi connectivity index (χ2v) is 5.94. The minimum absolute atomic E-state index is 0.0400. The Labute approximate surface area is 111 Å². The molecule has 108 valence electrons. The Hall–Kier alpha value is -1.45. The smallest absolute Gasteiger partial charge is 0.324 e. The minimum atomic E-state index is -3.97. The van der Waals surface area contributed by atoms with E-state index in [0.717, 1.165) is 6.20 Å². The molecule has 1 heterocycles. The number of ether oxygens (including phenoxy) is 1. The van der Waals surface area contributed by atoms with Crippen molar-refractivity contribution in [1.29, 1.82) is 0 Å². The number of aromatic nitrogens is 2. The van der Waals surface area contributed by atoms with Gasteiger partial charge in [-0.05, 0) is 0 Å². The molecule has 19 heavy (non-hydrogen) atoms. The number of sulfonamides is 1. The van der Waals surface area contributed by atoms with Crippen LogP contribution in [0.3, 0.4) is 0 Å². The van der Waals surface area contributed by atoms with E-state index in [0.29, 0.717) is 5.82 Å². The van der Waals surface area contributed by atoms with Crippen LogP contribution in [0.5, 0.6) is 0 Å². The van der Waals surface area contributed by atoms with Gasteiger partial charge >= 0.3 is 5.97 Å². The molecule has 0 spiro atoms. The second-order valence-electron chi connectivity index (χ2n) is 4.25. The molecule has 0 aliphatic carbocycles. The number of nitrogens with one attached hydrogen (secondary N) is 2. The summed E-state index contributed by atoms with van der Waals surface area (Å²) in [6, 6.07) is -1.35. The molecule has 0 aliphatic heterocycles. The number of carboxylic acids is 1. The summed E-state index contributed by atoms with van der Waals surface area (Å²) < 4.78 is 30.6. The molecule has 0 aliphatic rings. The first-order valence-corrected chi connectivity index (χ1v) is 7.05. The molecule has 0 bridgehead atoms. The highest BCUT2D eigenvalue weighted by Gasteiger charge is 2.26. The van der Waals surface area contributed by atoms with E-state index in [-0.39, 0.29) is 17.6 Å². The first kappa shape index (κ1) is 15.6. The molecule has 0 radical (unpaired) electrons. The van der Waals surface area contributed by atoms with Crippen molar-refractivity contribution >= 4 is 16.0 Å². The van der Waals surface area contributed by atoms with E-state index in [2.05, 4.69) is 14.7 Å². The highest BCUT2D eigenvalue weighted by molar-refractivity contribution is 7.89. The maximum Gasteiger partial charge on any atom is 0.324 e. The highest BCUT2D eigenvalue weighted by Crippen LogP contribution is 2.13. The third-order valence-corrected chi connectivity index (χ3v) is 3.72. The Kier molecular flexibility index (Phi) is 5.04. The molecular weight excluding hydrogens is 274 g/mol. The summed E-state index contributed by atoms with van der Waals surface area (Å²) >= 11 is 0. The number of rotatable bonds is 7. The largest absolute Gasteiger partial charge is 0.480 e. The predicted molar refractivity (Wildman–Crippen MR) is 66.3 cm³/mol. The molecule has 1 atom stereocenters. The Morgan fingerprint density at radius 3 is 2.63 bits per heavy atom. The Morgan fingerprint density at radius 1 is 1.58 bits per heavy atom. The average molecular weight is 291 g/mol. The zero-order valence-corrected chi connectivity index (χ0v) is 11.7. The zero-order valence-electron chi connectivity index (χ0n) is 10.9. The summed E-state index contributed by atoms with van der Waals surface area (Å²) in [5.41, 5.74) is 0. The number of hydrogen-bond donors (Lipinski definition) is 3. The van der Waals surface area contributed by atoms with Crippen LogP contribution in [-0.4, -0.2) is 49.2 Å². The molecule has 8 nitrogen and oxygen atoms in total. The molecule has 0 amide bonds. The summed E-state index contributed by atoms with van der Waals surface area (Å²) in [6.07, 6.45) is 1.16. The number of aromatic amines is 1. The van der Waals surface area contributed by atoms with Gasteiger partial charge in [-0.1, -0.05) is 13.8 Å². The van der Waals surface area contributed by atoms with Crippen molar-refractivity contribution in [2.24, 2.45) is 0 Å². The van der Waals surface area contributed by atoms with Crippen molar-refractivity contribution < 1.29 is 23.1 Å². The second kappa shape index (κ2) is 6.13. The van der Waals surface area contributed by atoms with Crippen molar-refractivity contribution in [2.75, 3.05) is 13.7 Å². The maximum atomic E-state index is 12.0. The van der Waals surface area contributed by atoms with Crippen LogP contribution in [0.4, 0.5) is 0 Å². The Morgan fingerprint density at radius 2 is 2.21 bits per heavy atom. The number of aliphatic carboxylic acids is 1. The van der Waals surface area contributed by atoms with E-state index in [4.69, 9.17) is 5.11 Å². The standard InChI is InChI=1S/C10H17N3O5S/c1-6(2)9-11-4-8(12-9)19(16,17)13-7(5-18-3)10(14)15/h4,6-7,13H,5H2,1-3H3,(H,11,12)(H,14,15). The van der Waals surface area contributed by atoms with Crippen LogP contribution in [0.1, 0.15) is 25.6 Å². The Bertz CT molecular complexity index is 537. The monoisotopic (exact) mass is 291 g/mol. The van der Waals surface area contributed by atoms with Crippen LogP contribution in [0.2, 0.25) is 0 Å². The maximum absolute atomic E-state index is 12.0. The molecule has 0 fully saturated rings. The average Bonchev–Trinajstić information content (AvgIpc) is 2.78. The third-order valence-electron chi connectivity index (χ3n) is 2.34. The molecule has 0 saturated carbocycles. The molecule has 9 heteroatoms. The van der Waals surface area contributed by atoms with Gasteiger partial charge in [0.2, 0.25) is 0 Å². The summed E-state index contributed by atoms with van der Waals surface area (Å²) in [5, 5.41) is 8.71. The molecule has 0 saturated heterocycles. The van der Waals surface area contributed by atoms with Crippen LogP contribution in [0.15, 0.2) is 11.2 Å². The van der Waals surface area contributed by atoms with Gasteiger partial charge in [-0.3, -0.25) is 4.79 Å². The van der Waals surface area contributed by atoms with Gasteiger partial charge in [0, 0.05) is 13.0 Å². The van der Waals surface area contributed by atoms with Gasteiger partial charge in [0.15, 0.2) is 5.03 Å². The highest BCUT2D eigenvalue weighted by atomic mass is 32.2. The van der Waals surface area contributed by atoms with Gasteiger partial charge in [0.05, 0.1) is 12.8 Å². The van der Waals surface area contributed by atoms with Gasteiger partial charge in [0.25, 0.3) is 10.0 Å². The normalized spacial score (nSPS) is 13.7. The van der Waals surface area contributed by atoms with Crippen molar-refractivity contribution in [3.05, 3.63) is 12.0 Å². The fraction of sp³-hybridized carbons (Fsp3) is 0.600. The first-order valence-electron chi connectivity index (χ1n) is 5.57. The SMILES string of the molecule is COCC(NS(=O)(=O)c1cnc(C(C)C)[nH]1)C(=O)O. The van der Waals surface area contributed by atoms with E-state index in [1.807, 2.05) is 18.6 Å².